The van der Waals surface area contributed by atoms with Gasteiger partial charge >= 0.3 is 5.97 Å². The number of esters is 1. The van der Waals surface area contributed by atoms with Gasteiger partial charge in [0.2, 0.25) is 5.79 Å². The Bertz CT molecular complexity index is 1720. The topological polar surface area (TPSA) is 192 Å². The summed E-state index contributed by atoms with van der Waals surface area (Å²) < 4.78 is 28.6. The number of aldehydes is 1. The molecule has 2 heterocycles. The molecule has 12 unspecified atom stereocenters. The number of aliphatic hydroxyl groups is 2. The molecular weight excluding hydrogens is 835 g/mol. The highest BCUT2D eigenvalue weighted by Crippen LogP contribution is 2.37. The van der Waals surface area contributed by atoms with Crippen molar-refractivity contribution >= 4 is 35.5 Å². The number of rotatable bonds is 25. The van der Waals surface area contributed by atoms with Crippen LogP contribution in [0, 0.1) is 35.5 Å². The molecule has 2 saturated heterocycles. The molecule has 3 aliphatic rings. The Hall–Kier alpha value is -3.66. The maximum atomic E-state index is 14.2. The number of allylic oxidation sites excluding steroid dienone is 7. The molecule has 65 heavy (non-hydrogen) atoms. The number of aliphatic hydroxyl groups excluding tert-OH is 1. The van der Waals surface area contributed by atoms with Gasteiger partial charge in [-0.3, -0.25) is 19.2 Å². The lowest BCUT2D eigenvalue weighted by Gasteiger charge is -2.42. The molecule has 0 radical (unpaired) electrons. The molecule has 366 valence electrons. The van der Waals surface area contributed by atoms with Crippen LogP contribution >= 0.6 is 0 Å². The quantitative estimate of drug-likeness (QED) is 0.0326. The summed E-state index contributed by atoms with van der Waals surface area (Å²) in [5.74, 6) is -6.78. The SMILES string of the molecule is COCC(=O)C(C)C[C@H](C)C=CC=CC=C(C)C(CC1CCC(C)C(O)(C(=O)C(=O)N2CCCCC2C(=O)OC(CC(=O)C(C)=CC(C)C=O)C(C)CC2CCC(O)C(OC)C2)O1)OC. The Morgan fingerprint density at radius 2 is 1.65 bits per heavy atom. The molecule has 2 N–H and O–H groups in total. The summed E-state index contributed by atoms with van der Waals surface area (Å²) in [5.41, 5.74) is 1.26. The molecule has 0 aromatic carbocycles. The molecule has 1 saturated carbocycles. The van der Waals surface area contributed by atoms with E-state index in [0.29, 0.717) is 56.9 Å². The number of amides is 1. The van der Waals surface area contributed by atoms with E-state index in [1.807, 2.05) is 51.2 Å². The van der Waals surface area contributed by atoms with Crippen LogP contribution in [0.25, 0.3) is 0 Å². The minimum atomic E-state index is -2.44. The van der Waals surface area contributed by atoms with Crippen LogP contribution in [0.2, 0.25) is 0 Å². The first-order valence-electron chi connectivity index (χ1n) is 23.7. The lowest BCUT2D eigenvalue weighted by Crippen LogP contribution is -2.61. The summed E-state index contributed by atoms with van der Waals surface area (Å²) in [7, 11) is 4.66. The van der Waals surface area contributed by atoms with E-state index in [1.54, 1.807) is 41.1 Å². The van der Waals surface area contributed by atoms with E-state index in [9.17, 15) is 39.0 Å². The molecule has 3 rings (SSSR count). The van der Waals surface area contributed by atoms with Gasteiger partial charge in [-0.15, -0.1) is 0 Å². The summed E-state index contributed by atoms with van der Waals surface area (Å²) in [6.07, 6.45) is 14.9. The maximum absolute atomic E-state index is 14.2. The van der Waals surface area contributed by atoms with E-state index < -0.39 is 65.7 Å². The Kier molecular flexibility index (Phi) is 23.3. The molecule has 1 aliphatic carbocycles. The van der Waals surface area contributed by atoms with Crippen LogP contribution < -0.4 is 0 Å². The molecular formula is C51H79NO13. The maximum Gasteiger partial charge on any atom is 0.329 e. The van der Waals surface area contributed by atoms with Crippen molar-refractivity contribution in [3.8, 4) is 0 Å². The summed E-state index contributed by atoms with van der Waals surface area (Å²) in [5, 5.41) is 22.3. The van der Waals surface area contributed by atoms with Crippen LogP contribution in [-0.4, -0.2) is 127 Å². The molecule has 0 aromatic rings. The van der Waals surface area contributed by atoms with Gasteiger partial charge in [0.15, 0.2) is 11.6 Å². The highest BCUT2D eigenvalue weighted by molar-refractivity contribution is 6.39. The fourth-order valence-electron chi connectivity index (χ4n) is 9.40. The minimum absolute atomic E-state index is 0.0795. The van der Waals surface area contributed by atoms with Crippen molar-refractivity contribution in [3.63, 3.8) is 0 Å². The normalized spacial score (nSPS) is 28.6. The molecule has 3 fully saturated rings. The molecule has 0 aromatic heterocycles. The summed E-state index contributed by atoms with van der Waals surface area (Å²) in [6, 6.07) is -1.12. The number of hydrogen-bond acceptors (Lipinski definition) is 13. The van der Waals surface area contributed by atoms with Gasteiger partial charge in [-0.05, 0) is 107 Å². The predicted molar refractivity (Wildman–Crippen MR) is 246 cm³/mol. The second-order valence-electron chi connectivity index (χ2n) is 19.1. The van der Waals surface area contributed by atoms with Gasteiger partial charge in [-0.2, -0.15) is 0 Å². The van der Waals surface area contributed by atoms with Crippen molar-refractivity contribution in [2.45, 2.75) is 168 Å². The fourth-order valence-corrected chi connectivity index (χ4v) is 9.40. The Morgan fingerprint density at radius 3 is 2.31 bits per heavy atom. The standard InChI is InChI=1S/C51H79NO13/c1-32(24-36(5)44(56)31-61-8)16-12-11-13-17-34(3)45(62-9)28-40-21-19-38(7)51(60,65-40)48(57)49(58)52-23-15-14-18-41(52)50(59)64-46(29-43(55)35(4)25-33(2)30-53)37(6)26-39-20-22-42(54)47(27-39)63-10/h11-13,16-17,25,30,32-33,36-42,45-47,54,60H,14-15,18-24,26-29,31H2,1-10H3/t32-,33?,36?,37?,38?,39?,40?,41?,42?,45?,46?,47?,51?/m1/s1. The van der Waals surface area contributed by atoms with E-state index in [-0.39, 0.29) is 67.3 Å². The zero-order valence-corrected chi connectivity index (χ0v) is 40.7. The number of Topliss-reactive ketones (excluding diaryl/α,β-unsaturated/α-hetero) is 3. The molecule has 13 atom stereocenters. The lowest BCUT2D eigenvalue weighted by molar-refractivity contribution is -0.265. The first-order valence-corrected chi connectivity index (χ1v) is 23.7. The van der Waals surface area contributed by atoms with E-state index in [2.05, 4.69) is 6.92 Å². The lowest BCUT2D eigenvalue weighted by atomic mass is 9.78. The third-order valence-corrected chi connectivity index (χ3v) is 13.7. The number of piperidine rings is 1. The molecule has 14 heteroatoms. The summed E-state index contributed by atoms with van der Waals surface area (Å²) in [6.45, 7) is 13.0. The van der Waals surface area contributed by atoms with Gasteiger partial charge in [0.1, 0.15) is 25.0 Å². The fraction of sp³-hybridized carbons (Fsp3) is 0.725. The predicted octanol–water partition coefficient (Wildman–Crippen LogP) is 6.64. The largest absolute Gasteiger partial charge is 0.460 e. The Labute approximate surface area is 387 Å². The average molecular weight is 914 g/mol. The number of nitrogens with zero attached hydrogens (tertiary/aromatic N) is 1. The van der Waals surface area contributed by atoms with Crippen molar-refractivity contribution in [2.75, 3.05) is 34.5 Å². The second kappa shape index (κ2) is 27.2. The van der Waals surface area contributed by atoms with E-state index in [1.165, 1.54) is 12.0 Å². The number of likely N-dealkylation sites (tertiary alicyclic amines) is 1. The van der Waals surface area contributed by atoms with Crippen LogP contribution in [0.1, 0.15) is 126 Å². The van der Waals surface area contributed by atoms with E-state index >= 15 is 0 Å². The van der Waals surface area contributed by atoms with Crippen molar-refractivity contribution in [3.05, 3.63) is 47.6 Å². The first-order chi connectivity index (χ1) is 30.8. The zero-order chi connectivity index (χ0) is 48.4. The van der Waals surface area contributed by atoms with Crippen LogP contribution in [0.3, 0.4) is 0 Å². The minimum Gasteiger partial charge on any atom is -0.460 e. The molecule has 0 spiro atoms. The number of carbonyl (C=O) groups is 6. The van der Waals surface area contributed by atoms with E-state index in [4.69, 9.17) is 23.7 Å². The van der Waals surface area contributed by atoms with Gasteiger partial charge in [-0.1, -0.05) is 71.1 Å². The van der Waals surface area contributed by atoms with Crippen molar-refractivity contribution < 1.29 is 62.7 Å². The highest BCUT2D eigenvalue weighted by atomic mass is 16.6. The van der Waals surface area contributed by atoms with Crippen LogP contribution in [0.15, 0.2) is 47.6 Å². The van der Waals surface area contributed by atoms with Gasteiger partial charge in [0.25, 0.3) is 11.7 Å². The van der Waals surface area contributed by atoms with E-state index in [0.717, 1.165) is 24.7 Å². The third-order valence-electron chi connectivity index (χ3n) is 13.7. The highest BCUT2D eigenvalue weighted by Gasteiger charge is 2.53. The van der Waals surface area contributed by atoms with Crippen molar-refractivity contribution in [1.29, 1.82) is 0 Å². The van der Waals surface area contributed by atoms with Crippen LogP contribution in [-0.2, 0) is 52.5 Å². The van der Waals surface area contributed by atoms with Crippen molar-refractivity contribution in [2.24, 2.45) is 35.5 Å². The first kappa shape index (κ1) is 55.7. The molecule has 1 amide bonds. The average Bonchev–Trinajstić information content (AvgIpc) is 3.28. The van der Waals surface area contributed by atoms with Gasteiger partial charge < -0.3 is 43.6 Å². The number of methoxy groups -OCH3 is 3. The molecule has 14 nitrogen and oxygen atoms in total. The van der Waals surface area contributed by atoms with Gasteiger partial charge in [0, 0.05) is 58.5 Å². The Balaban J connectivity index is 1.73. The number of ketones is 3. The summed E-state index contributed by atoms with van der Waals surface area (Å²) >= 11 is 0. The summed E-state index contributed by atoms with van der Waals surface area (Å²) in [4.78, 5) is 80.6. The number of carbonyl (C=O) groups excluding carboxylic acids is 6. The van der Waals surface area contributed by atoms with Crippen LogP contribution in [0.5, 0.6) is 0 Å². The number of ether oxygens (including phenoxy) is 5. The third kappa shape index (κ3) is 16.6. The number of hydrogen-bond donors (Lipinski definition) is 2. The molecule has 2 aliphatic heterocycles. The monoisotopic (exact) mass is 914 g/mol. The van der Waals surface area contributed by atoms with Crippen LogP contribution in [0.4, 0.5) is 0 Å². The smallest absolute Gasteiger partial charge is 0.329 e. The van der Waals surface area contributed by atoms with Gasteiger partial charge in [0.05, 0.1) is 24.4 Å². The van der Waals surface area contributed by atoms with Crippen molar-refractivity contribution in [1.82, 2.24) is 4.90 Å². The molecule has 0 bridgehead atoms. The second-order valence-corrected chi connectivity index (χ2v) is 19.1. The zero-order valence-electron chi connectivity index (χ0n) is 40.7. The Morgan fingerprint density at radius 1 is 0.923 bits per heavy atom. The van der Waals surface area contributed by atoms with Gasteiger partial charge in [-0.25, -0.2) is 4.79 Å².